The molecular weight excluding hydrogens is 360 g/mol. The van der Waals surface area contributed by atoms with Crippen LogP contribution in [0.4, 0.5) is 0 Å². The fourth-order valence-corrected chi connectivity index (χ4v) is 2.00. The molecule has 0 fully saturated rings. The molecule has 2 nitrogen and oxygen atoms in total. The van der Waals surface area contributed by atoms with Crippen molar-refractivity contribution in [1.82, 2.24) is 0 Å². The molecule has 4 heteroatoms. The monoisotopic (exact) mass is 368 g/mol. The maximum atomic E-state index is 11.8. The predicted molar refractivity (Wildman–Crippen MR) is 78.9 cm³/mol. The lowest BCUT2D eigenvalue weighted by molar-refractivity contribution is 0.303. The van der Waals surface area contributed by atoms with E-state index < -0.39 is 0 Å². The van der Waals surface area contributed by atoms with Gasteiger partial charge in [-0.1, -0.05) is 30.3 Å². The summed E-state index contributed by atoms with van der Waals surface area (Å²) in [5.41, 5.74) is 0.885. The van der Waals surface area contributed by atoms with Crippen LogP contribution in [-0.4, -0.2) is 0 Å². The van der Waals surface area contributed by atoms with Gasteiger partial charge >= 0.3 is 0 Å². The highest BCUT2D eigenvalue weighted by Gasteiger charge is 2.03. The molecule has 0 aliphatic heterocycles. The maximum absolute atomic E-state index is 11.8. The van der Waals surface area contributed by atoms with Gasteiger partial charge in [-0.3, -0.25) is 4.79 Å². The molecule has 2 rings (SSSR count). The minimum atomic E-state index is -0.141. The molecule has 92 valence electrons. The van der Waals surface area contributed by atoms with Crippen LogP contribution in [0.15, 0.2) is 62.3 Å². The van der Waals surface area contributed by atoms with Crippen molar-refractivity contribution in [3.63, 3.8) is 0 Å². The summed E-state index contributed by atoms with van der Waals surface area (Å²) in [6.07, 6.45) is 0. The van der Waals surface area contributed by atoms with Crippen LogP contribution in [0.1, 0.15) is 5.56 Å². The number of ether oxygens (including phenoxy) is 1. The summed E-state index contributed by atoms with van der Waals surface area (Å²) in [6, 6.07) is 14.6. The van der Waals surface area contributed by atoms with Gasteiger partial charge in [0.1, 0.15) is 6.61 Å². The van der Waals surface area contributed by atoms with Crippen molar-refractivity contribution in [3.8, 4) is 5.75 Å². The van der Waals surface area contributed by atoms with E-state index in [-0.39, 0.29) is 5.43 Å². The highest BCUT2D eigenvalue weighted by Crippen LogP contribution is 2.23. The van der Waals surface area contributed by atoms with Gasteiger partial charge in [-0.2, -0.15) is 0 Å². The van der Waals surface area contributed by atoms with Crippen LogP contribution in [0, 0.1) is 0 Å². The van der Waals surface area contributed by atoms with Crippen molar-refractivity contribution in [3.05, 3.63) is 73.3 Å². The third-order valence-electron chi connectivity index (χ3n) is 2.35. The summed E-state index contributed by atoms with van der Waals surface area (Å²) >= 11 is 6.72. The van der Waals surface area contributed by atoms with Crippen LogP contribution in [0.3, 0.4) is 0 Å². The van der Waals surface area contributed by atoms with Gasteiger partial charge in [0.25, 0.3) is 0 Å². The van der Waals surface area contributed by atoms with Crippen LogP contribution in [0.5, 0.6) is 5.75 Å². The maximum Gasteiger partial charge on any atom is 0.220 e. The van der Waals surface area contributed by atoms with Crippen LogP contribution in [0.2, 0.25) is 0 Å². The van der Waals surface area contributed by atoms with E-state index in [4.69, 9.17) is 4.74 Å². The van der Waals surface area contributed by atoms with Crippen LogP contribution >= 0.6 is 31.9 Å². The number of hydrogen-bond acceptors (Lipinski definition) is 2. The number of benzene rings is 1. The van der Waals surface area contributed by atoms with Crippen molar-refractivity contribution >= 4 is 31.9 Å². The van der Waals surface area contributed by atoms with Gasteiger partial charge in [-0.15, -0.1) is 0 Å². The Hall–Kier alpha value is -1.13. The van der Waals surface area contributed by atoms with Gasteiger partial charge in [-0.25, -0.2) is 0 Å². The Morgan fingerprint density at radius 1 is 0.944 bits per heavy atom. The Morgan fingerprint density at radius 3 is 2.39 bits per heavy atom. The molecule has 0 saturated heterocycles. The molecule has 18 heavy (non-hydrogen) atoms. The summed E-state index contributed by atoms with van der Waals surface area (Å²) in [6.45, 7) is 0.379. The zero-order valence-electron chi connectivity index (χ0n) is 9.40. The standard InChI is InChI=1S/C14H10Br2O2/c15-11-6-7-13(17)14(8-12(11)16)18-9-10-4-2-1-3-5-10/h1-8H,9H2. The zero-order chi connectivity index (χ0) is 13.0. The number of hydrogen-bond donors (Lipinski definition) is 0. The fourth-order valence-electron chi connectivity index (χ4n) is 1.41. The van der Waals surface area contributed by atoms with Gasteiger partial charge in [0.15, 0.2) is 5.75 Å². The Kier molecular flexibility index (Phi) is 4.55. The van der Waals surface area contributed by atoms with E-state index in [0.717, 1.165) is 14.5 Å². The largest absolute Gasteiger partial charge is 0.485 e. The summed E-state index contributed by atoms with van der Waals surface area (Å²) in [5, 5.41) is 0. The average molecular weight is 370 g/mol. The Morgan fingerprint density at radius 2 is 1.67 bits per heavy atom. The molecule has 2 aromatic rings. The molecule has 0 unspecified atom stereocenters. The molecule has 0 spiro atoms. The molecule has 0 radical (unpaired) electrons. The average Bonchev–Trinajstić information content (AvgIpc) is 2.51. The molecule has 0 aliphatic carbocycles. The quantitative estimate of drug-likeness (QED) is 0.812. The summed E-state index contributed by atoms with van der Waals surface area (Å²) in [5.74, 6) is 0.330. The lowest BCUT2D eigenvalue weighted by atomic mass is 10.2. The van der Waals surface area contributed by atoms with E-state index in [1.807, 2.05) is 30.3 Å². The topological polar surface area (TPSA) is 26.3 Å². The summed E-state index contributed by atoms with van der Waals surface area (Å²) in [4.78, 5) is 11.8. The molecule has 0 atom stereocenters. The van der Waals surface area contributed by atoms with E-state index in [0.29, 0.717) is 12.4 Å². The lowest BCUT2D eigenvalue weighted by Gasteiger charge is -2.03. The molecule has 0 aliphatic rings. The molecule has 2 aromatic carbocycles. The second-order valence-electron chi connectivity index (χ2n) is 3.68. The van der Waals surface area contributed by atoms with Crippen molar-refractivity contribution in [2.24, 2.45) is 0 Å². The van der Waals surface area contributed by atoms with Crippen molar-refractivity contribution in [1.29, 1.82) is 0 Å². The third kappa shape index (κ3) is 3.43. The van der Waals surface area contributed by atoms with Crippen molar-refractivity contribution in [2.45, 2.75) is 6.61 Å². The molecular formula is C14H10Br2O2. The first-order valence-electron chi connectivity index (χ1n) is 5.33. The summed E-state index contributed by atoms with van der Waals surface area (Å²) in [7, 11) is 0. The second-order valence-corrected chi connectivity index (χ2v) is 5.38. The van der Waals surface area contributed by atoms with E-state index in [1.54, 1.807) is 12.1 Å². The smallest absolute Gasteiger partial charge is 0.220 e. The second kappa shape index (κ2) is 6.16. The third-order valence-corrected chi connectivity index (χ3v) is 4.23. The SMILES string of the molecule is O=c1ccc(Br)c(Br)cc1OCc1ccccc1. The number of rotatable bonds is 3. The molecule has 0 heterocycles. The first-order valence-corrected chi connectivity index (χ1v) is 6.91. The van der Waals surface area contributed by atoms with Gasteiger partial charge in [0.05, 0.1) is 0 Å². The Labute approximate surface area is 122 Å². The molecule has 0 bridgehead atoms. The minimum Gasteiger partial charge on any atom is -0.485 e. The van der Waals surface area contributed by atoms with Crippen molar-refractivity contribution < 1.29 is 4.74 Å². The highest BCUT2D eigenvalue weighted by atomic mass is 79.9. The normalized spacial score (nSPS) is 10.1. The van der Waals surface area contributed by atoms with E-state index >= 15 is 0 Å². The molecule has 0 saturated carbocycles. The molecule has 0 amide bonds. The minimum absolute atomic E-state index is 0.141. The fraction of sp³-hybridized carbons (Fsp3) is 0.0714. The van der Waals surface area contributed by atoms with E-state index in [2.05, 4.69) is 31.9 Å². The predicted octanol–water partition coefficient (Wildman–Crippen LogP) is 4.15. The lowest BCUT2D eigenvalue weighted by Crippen LogP contribution is -2.04. The van der Waals surface area contributed by atoms with Gasteiger partial charge in [0.2, 0.25) is 5.43 Å². The van der Waals surface area contributed by atoms with Crippen LogP contribution in [-0.2, 0) is 6.61 Å². The van der Waals surface area contributed by atoms with Crippen molar-refractivity contribution in [2.75, 3.05) is 0 Å². The number of halogens is 2. The van der Waals surface area contributed by atoms with Gasteiger partial charge < -0.3 is 4.74 Å². The van der Waals surface area contributed by atoms with Crippen LogP contribution < -0.4 is 10.2 Å². The van der Waals surface area contributed by atoms with Gasteiger partial charge in [0, 0.05) is 8.95 Å². The first-order chi connectivity index (χ1) is 8.66. The Bertz CT molecular complexity index is 597. The zero-order valence-corrected chi connectivity index (χ0v) is 12.6. The summed E-state index contributed by atoms with van der Waals surface area (Å²) < 4.78 is 7.15. The first kappa shape index (κ1) is 13.3. The van der Waals surface area contributed by atoms with Gasteiger partial charge in [-0.05, 0) is 55.6 Å². The van der Waals surface area contributed by atoms with Crippen LogP contribution in [0.25, 0.3) is 0 Å². The highest BCUT2D eigenvalue weighted by molar-refractivity contribution is 9.13. The van der Waals surface area contributed by atoms with E-state index in [1.165, 1.54) is 6.07 Å². The Balaban J connectivity index is 2.23. The van der Waals surface area contributed by atoms with E-state index in [9.17, 15) is 4.79 Å². The molecule has 0 aromatic heterocycles. The molecule has 0 N–H and O–H groups in total.